The van der Waals surface area contributed by atoms with E-state index < -0.39 is 0 Å². The summed E-state index contributed by atoms with van der Waals surface area (Å²) < 4.78 is 0. The van der Waals surface area contributed by atoms with Crippen LogP contribution in [-0.2, 0) is 6.42 Å². The lowest BCUT2D eigenvalue weighted by Gasteiger charge is -2.25. The Hall–Kier alpha value is -0.860. The van der Waals surface area contributed by atoms with Crippen molar-refractivity contribution in [3.05, 3.63) is 35.9 Å². The first-order valence-corrected chi connectivity index (χ1v) is 7.36. The Labute approximate surface area is 118 Å². The van der Waals surface area contributed by atoms with E-state index in [1.54, 1.807) is 0 Å². The van der Waals surface area contributed by atoms with Gasteiger partial charge in [-0.2, -0.15) is 0 Å². The molecule has 108 valence electrons. The molecule has 0 aromatic heterocycles. The van der Waals surface area contributed by atoms with E-state index in [9.17, 15) is 5.11 Å². The fourth-order valence-corrected chi connectivity index (χ4v) is 2.34. The lowest BCUT2D eigenvalue weighted by molar-refractivity contribution is 0.116. The number of nitrogens with one attached hydrogen (secondary N) is 1. The van der Waals surface area contributed by atoms with Crippen molar-refractivity contribution in [3.8, 4) is 0 Å². The fourth-order valence-electron chi connectivity index (χ4n) is 2.34. The standard InChI is InChI=1S/C17H29NO/c1-5-15(11-14-9-7-6-8-10-14)18-13-16(19)12-17(2,3)4/h6-10,15-16,18-19H,5,11-13H2,1-4H3. The maximum atomic E-state index is 10.0. The van der Waals surface area contributed by atoms with Crippen LogP contribution in [0.4, 0.5) is 0 Å². The summed E-state index contributed by atoms with van der Waals surface area (Å²) in [5, 5.41) is 13.5. The summed E-state index contributed by atoms with van der Waals surface area (Å²) in [5.41, 5.74) is 1.54. The van der Waals surface area contributed by atoms with Crippen molar-refractivity contribution in [2.24, 2.45) is 5.41 Å². The number of rotatable bonds is 7. The minimum atomic E-state index is -0.259. The smallest absolute Gasteiger partial charge is 0.0669 e. The van der Waals surface area contributed by atoms with Gasteiger partial charge in [0.05, 0.1) is 6.10 Å². The Morgan fingerprint density at radius 2 is 1.79 bits per heavy atom. The summed E-state index contributed by atoms with van der Waals surface area (Å²) >= 11 is 0. The van der Waals surface area contributed by atoms with Gasteiger partial charge in [0.15, 0.2) is 0 Å². The number of benzene rings is 1. The summed E-state index contributed by atoms with van der Waals surface area (Å²) in [4.78, 5) is 0. The highest BCUT2D eigenvalue weighted by Gasteiger charge is 2.17. The van der Waals surface area contributed by atoms with Gasteiger partial charge in [0.25, 0.3) is 0 Å². The van der Waals surface area contributed by atoms with Crippen LogP contribution < -0.4 is 5.32 Å². The van der Waals surface area contributed by atoms with E-state index in [0.29, 0.717) is 12.6 Å². The highest BCUT2D eigenvalue weighted by Crippen LogP contribution is 2.20. The van der Waals surface area contributed by atoms with E-state index >= 15 is 0 Å². The van der Waals surface area contributed by atoms with Crippen molar-refractivity contribution >= 4 is 0 Å². The van der Waals surface area contributed by atoms with E-state index in [1.807, 2.05) is 6.07 Å². The second-order valence-electron chi connectivity index (χ2n) is 6.62. The van der Waals surface area contributed by atoms with E-state index in [0.717, 1.165) is 19.3 Å². The van der Waals surface area contributed by atoms with Crippen LogP contribution in [0.2, 0.25) is 0 Å². The summed E-state index contributed by atoms with van der Waals surface area (Å²) in [6, 6.07) is 11.0. The van der Waals surface area contributed by atoms with Crippen LogP contribution in [0.25, 0.3) is 0 Å². The average molecular weight is 263 g/mol. The quantitative estimate of drug-likeness (QED) is 0.790. The molecule has 0 fully saturated rings. The maximum absolute atomic E-state index is 10.0. The molecule has 0 aliphatic heterocycles. The third-order valence-electron chi connectivity index (χ3n) is 3.31. The zero-order valence-electron chi connectivity index (χ0n) is 12.8. The second-order valence-corrected chi connectivity index (χ2v) is 6.62. The second kappa shape index (κ2) is 7.66. The van der Waals surface area contributed by atoms with Crippen LogP contribution >= 0.6 is 0 Å². The van der Waals surface area contributed by atoms with Crippen molar-refractivity contribution in [2.45, 2.75) is 59.1 Å². The van der Waals surface area contributed by atoms with Crippen LogP contribution in [0.1, 0.15) is 46.1 Å². The van der Waals surface area contributed by atoms with Crippen LogP contribution in [-0.4, -0.2) is 23.8 Å². The Balaban J connectivity index is 2.37. The van der Waals surface area contributed by atoms with Crippen molar-refractivity contribution < 1.29 is 5.11 Å². The van der Waals surface area contributed by atoms with E-state index in [2.05, 4.69) is 57.3 Å². The first kappa shape index (κ1) is 16.2. The molecule has 0 amide bonds. The van der Waals surface area contributed by atoms with Crippen molar-refractivity contribution in [1.82, 2.24) is 5.32 Å². The maximum Gasteiger partial charge on any atom is 0.0669 e. The predicted molar refractivity (Wildman–Crippen MR) is 82.3 cm³/mol. The number of aliphatic hydroxyl groups excluding tert-OH is 1. The molecule has 2 N–H and O–H groups in total. The number of aliphatic hydroxyl groups is 1. The summed E-state index contributed by atoms with van der Waals surface area (Å²) in [7, 11) is 0. The average Bonchev–Trinajstić information content (AvgIpc) is 2.33. The van der Waals surface area contributed by atoms with Gasteiger partial charge in [0, 0.05) is 12.6 Å². The lowest BCUT2D eigenvalue weighted by Crippen LogP contribution is -2.38. The molecule has 0 radical (unpaired) electrons. The van der Waals surface area contributed by atoms with Gasteiger partial charge in [0.1, 0.15) is 0 Å². The molecule has 1 aromatic rings. The largest absolute Gasteiger partial charge is 0.392 e. The van der Waals surface area contributed by atoms with E-state index in [-0.39, 0.29) is 11.5 Å². The van der Waals surface area contributed by atoms with Gasteiger partial charge in [-0.05, 0) is 30.2 Å². The predicted octanol–water partition coefficient (Wildman–Crippen LogP) is 3.39. The molecule has 2 atom stereocenters. The first-order chi connectivity index (χ1) is 8.90. The Bertz CT molecular complexity index is 342. The van der Waals surface area contributed by atoms with Gasteiger partial charge < -0.3 is 10.4 Å². The van der Waals surface area contributed by atoms with Gasteiger partial charge in [0.2, 0.25) is 0 Å². The zero-order chi connectivity index (χ0) is 14.3. The zero-order valence-corrected chi connectivity index (χ0v) is 12.8. The topological polar surface area (TPSA) is 32.3 Å². The van der Waals surface area contributed by atoms with Gasteiger partial charge in [-0.1, -0.05) is 58.0 Å². The lowest BCUT2D eigenvalue weighted by atomic mass is 9.89. The molecule has 2 unspecified atom stereocenters. The first-order valence-electron chi connectivity index (χ1n) is 7.36. The Morgan fingerprint density at radius 3 is 2.32 bits per heavy atom. The van der Waals surface area contributed by atoms with Crippen LogP contribution in [0.15, 0.2) is 30.3 Å². The monoisotopic (exact) mass is 263 g/mol. The van der Waals surface area contributed by atoms with Crippen molar-refractivity contribution in [1.29, 1.82) is 0 Å². The molecule has 2 nitrogen and oxygen atoms in total. The van der Waals surface area contributed by atoms with E-state index in [1.165, 1.54) is 5.56 Å². The molecular weight excluding hydrogens is 234 g/mol. The van der Waals surface area contributed by atoms with Gasteiger partial charge >= 0.3 is 0 Å². The van der Waals surface area contributed by atoms with Crippen LogP contribution in [0.5, 0.6) is 0 Å². The van der Waals surface area contributed by atoms with Crippen LogP contribution in [0.3, 0.4) is 0 Å². The van der Waals surface area contributed by atoms with Crippen molar-refractivity contribution in [2.75, 3.05) is 6.54 Å². The molecule has 0 bridgehead atoms. The summed E-state index contributed by atoms with van der Waals surface area (Å²) in [6.07, 6.45) is 2.68. The molecule has 0 aliphatic carbocycles. The molecule has 1 aromatic carbocycles. The molecular formula is C17H29NO. The fraction of sp³-hybridized carbons (Fsp3) is 0.647. The number of hydrogen-bond acceptors (Lipinski definition) is 2. The highest BCUT2D eigenvalue weighted by molar-refractivity contribution is 5.15. The third-order valence-corrected chi connectivity index (χ3v) is 3.31. The van der Waals surface area contributed by atoms with Gasteiger partial charge in [-0.15, -0.1) is 0 Å². The normalized spacial score (nSPS) is 15.2. The molecule has 0 spiro atoms. The number of hydrogen-bond donors (Lipinski definition) is 2. The van der Waals surface area contributed by atoms with Gasteiger partial charge in [-0.3, -0.25) is 0 Å². The molecule has 0 aliphatic rings. The molecule has 0 saturated carbocycles. The molecule has 0 heterocycles. The minimum Gasteiger partial charge on any atom is -0.392 e. The molecule has 0 saturated heterocycles. The summed E-state index contributed by atoms with van der Waals surface area (Å²) in [5.74, 6) is 0. The highest BCUT2D eigenvalue weighted by atomic mass is 16.3. The molecule has 2 heteroatoms. The summed E-state index contributed by atoms with van der Waals surface area (Å²) in [6.45, 7) is 9.37. The SMILES string of the molecule is CCC(Cc1ccccc1)NCC(O)CC(C)(C)C. The third kappa shape index (κ3) is 7.34. The van der Waals surface area contributed by atoms with Crippen LogP contribution in [0, 0.1) is 5.41 Å². The van der Waals surface area contributed by atoms with E-state index in [4.69, 9.17) is 0 Å². The minimum absolute atomic E-state index is 0.183. The van der Waals surface area contributed by atoms with Crippen molar-refractivity contribution in [3.63, 3.8) is 0 Å². The molecule has 19 heavy (non-hydrogen) atoms. The Kier molecular flexibility index (Phi) is 6.53. The molecule has 1 rings (SSSR count). The Morgan fingerprint density at radius 1 is 1.16 bits per heavy atom. The van der Waals surface area contributed by atoms with Gasteiger partial charge in [-0.25, -0.2) is 0 Å².